The van der Waals surface area contributed by atoms with Crippen molar-refractivity contribution < 1.29 is 14.3 Å². The molecule has 6 nitrogen and oxygen atoms in total. The van der Waals surface area contributed by atoms with Gasteiger partial charge in [-0.2, -0.15) is 5.10 Å². The van der Waals surface area contributed by atoms with Gasteiger partial charge in [-0.05, 0) is 63.1 Å². The highest BCUT2D eigenvalue weighted by molar-refractivity contribution is 14.1. The first-order chi connectivity index (χ1) is 11.3. The second-order valence-corrected chi connectivity index (χ2v) is 7.85. The van der Waals surface area contributed by atoms with Gasteiger partial charge in [-0.3, -0.25) is 9.59 Å². The zero-order valence-corrected chi connectivity index (χ0v) is 17.2. The van der Waals surface area contributed by atoms with E-state index in [4.69, 9.17) is 4.74 Å². The lowest BCUT2D eigenvalue weighted by Gasteiger charge is -2.30. The van der Waals surface area contributed by atoms with Crippen molar-refractivity contribution in [2.45, 2.75) is 65.6 Å². The van der Waals surface area contributed by atoms with E-state index in [2.05, 4.69) is 27.7 Å². The van der Waals surface area contributed by atoms with Gasteiger partial charge in [0.15, 0.2) is 0 Å². The van der Waals surface area contributed by atoms with E-state index in [-0.39, 0.29) is 36.4 Å². The van der Waals surface area contributed by atoms with E-state index in [1.54, 1.807) is 4.68 Å². The van der Waals surface area contributed by atoms with Crippen molar-refractivity contribution in [3.63, 3.8) is 0 Å². The average Bonchev–Trinajstić information content (AvgIpc) is 2.81. The predicted molar refractivity (Wildman–Crippen MR) is 99.6 cm³/mol. The first-order valence-corrected chi connectivity index (χ1v) is 9.47. The molecule has 0 aliphatic heterocycles. The topological polar surface area (TPSA) is 64.4 Å². The molecule has 1 aromatic heterocycles. The summed E-state index contributed by atoms with van der Waals surface area (Å²) in [5.41, 5.74) is 2.10. The quantitative estimate of drug-likeness (QED) is 0.514. The van der Waals surface area contributed by atoms with Crippen molar-refractivity contribution in [2.75, 3.05) is 7.11 Å². The van der Waals surface area contributed by atoms with Crippen LogP contribution in [0.25, 0.3) is 0 Å². The molecule has 0 N–H and O–H groups in total. The molecule has 0 aromatic carbocycles. The molecule has 0 spiro atoms. The van der Waals surface area contributed by atoms with Crippen LogP contribution in [0.2, 0.25) is 0 Å². The lowest BCUT2D eigenvalue weighted by atomic mass is 9.88. The van der Waals surface area contributed by atoms with Crippen LogP contribution in [0.4, 0.5) is 0 Å². The van der Waals surface area contributed by atoms with Crippen LogP contribution in [0.3, 0.4) is 0 Å². The van der Waals surface area contributed by atoms with E-state index in [9.17, 15) is 9.59 Å². The van der Waals surface area contributed by atoms with Crippen LogP contribution in [0.15, 0.2) is 0 Å². The lowest BCUT2D eigenvalue weighted by molar-refractivity contribution is -0.145. The Kier molecular flexibility index (Phi) is 6.28. The second kappa shape index (κ2) is 7.84. The summed E-state index contributed by atoms with van der Waals surface area (Å²) in [4.78, 5) is 26.3. The number of amides is 1. The Morgan fingerprint density at radius 1 is 1.33 bits per heavy atom. The molecule has 1 aromatic rings. The van der Waals surface area contributed by atoms with Gasteiger partial charge in [0, 0.05) is 24.1 Å². The Hall–Kier alpha value is -1.12. The molecule has 0 radical (unpaired) electrons. The van der Waals surface area contributed by atoms with Crippen molar-refractivity contribution in [1.29, 1.82) is 0 Å². The summed E-state index contributed by atoms with van der Waals surface area (Å²) in [5, 5.41) is 4.61. The van der Waals surface area contributed by atoms with Gasteiger partial charge in [0.05, 0.1) is 18.7 Å². The maximum Gasteiger partial charge on any atom is 0.309 e. The molecule has 0 unspecified atom stereocenters. The molecule has 1 atom stereocenters. The summed E-state index contributed by atoms with van der Waals surface area (Å²) in [6, 6.07) is 0.313. The minimum atomic E-state index is -0.174. The third-order valence-electron chi connectivity index (χ3n) is 4.47. The zero-order chi connectivity index (χ0) is 18.0. The summed E-state index contributed by atoms with van der Waals surface area (Å²) in [7, 11) is 1.42. The molecule has 7 heteroatoms. The number of fused-ring (bicyclic) bond motifs is 1. The Morgan fingerprint density at radius 3 is 2.50 bits per heavy atom. The first-order valence-electron chi connectivity index (χ1n) is 8.39. The maximum atomic E-state index is 12.7. The van der Waals surface area contributed by atoms with Gasteiger partial charge in [-0.15, -0.1) is 0 Å². The van der Waals surface area contributed by atoms with Gasteiger partial charge in [0.25, 0.3) is 0 Å². The number of methoxy groups -OCH3 is 1. The number of halogens is 1. The van der Waals surface area contributed by atoms with Crippen LogP contribution in [-0.4, -0.2) is 45.8 Å². The normalized spacial score (nSPS) is 17.1. The van der Waals surface area contributed by atoms with Crippen molar-refractivity contribution in [1.82, 2.24) is 14.7 Å². The van der Waals surface area contributed by atoms with Crippen molar-refractivity contribution in [3.8, 4) is 0 Å². The molecule has 0 saturated heterocycles. The predicted octanol–water partition coefficient (Wildman–Crippen LogP) is 2.41. The van der Waals surface area contributed by atoms with E-state index in [1.165, 1.54) is 12.7 Å². The molecule has 1 aliphatic carbocycles. The van der Waals surface area contributed by atoms with Gasteiger partial charge in [-0.25, -0.2) is 4.68 Å². The van der Waals surface area contributed by atoms with Crippen LogP contribution in [-0.2, 0) is 33.7 Å². The van der Waals surface area contributed by atoms with Crippen LogP contribution in [0.1, 0.15) is 45.4 Å². The first kappa shape index (κ1) is 19.2. The third kappa shape index (κ3) is 3.92. The number of aromatic nitrogens is 2. The van der Waals surface area contributed by atoms with Gasteiger partial charge in [-0.1, -0.05) is 0 Å². The van der Waals surface area contributed by atoms with Crippen molar-refractivity contribution in [3.05, 3.63) is 15.0 Å². The minimum Gasteiger partial charge on any atom is -0.469 e. The smallest absolute Gasteiger partial charge is 0.309 e. The molecular weight excluding hydrogens is 421 g/mol. The molecule has 0 bridgehead atoms. The molecule has 1 amide bonds. The Balaban J connectivity index is 2.18. The summed E-state index contributed by atoms with van der Waals surface area (Å²) in [5.74, 6) is -0.227. The monoisotopic (exact) mass is 447 g/mol. The van der Waals surface area contributed by atoms with Crippen LogP contribution in [0, 0.1) is 9.62 Å². The van der Waals surface area contributed by atoms with E-state index in [0.717, 1.165) is 22.2 Å². The van der Waals surface area contributed by atoms with Gasteiger partial charge < -0.3 is 9.64 Å². The maximum absolute atomic E-state index is 12.7. The Labute approximate surface area is 157 Å². The number of carbonyl (C=O) groups excluding carboxylic acids is 2. The molecule has 24 heavy (non-hydrogen) atoms. The number of hydrogen-bond acceptors (Lipinski definition) is 4. The summed E-state index contributed by atoms with van der Waals surface area (Å²) < 4.78 is 7.64. The fourth-order valence-electron chi connectivity index (χ4n) is 3.44. The second-order valence-electron chi connectivity index (χ2n) is 6.83. The SMILES string of the molecule is COC(=O)[C@H]1CCc2c(nn(CC(=O)N(C(C)C)C(C)C)c2I)C1. The standard InChI is InChI=1S/C17H26IN3O3/c1-10(2)21(11(3)4)15(22)9-20-16(18)13-7-6-12(17(23)24-5)8-14(13)19-20/h10-12H,6-9H2,1-5H3/t12-/m0/s1. The summed E-state index contributed by atoms with van der Waals surface area (Å²) in [6.07, 6.45) is 2.18. The highest BCUT2D eigenvalue weighted by Gasteiger charge is 2.30. The summed E-state index contributed by atoms with van der Waals surface area (Å²) >= 11 is 2.26. The van der Waals surface area contributed by atoms with E-state index in [1.807, 2.05) is 32.6 Å². The Morgan fingerprint density at radius 2 is 1.96 bits per heavy atom. The molecule has 0 fully saturated rings. The fourth-order valence-corrected chi connectivity index (χ4v) is 4.30. The highest BCUT2D eigenvalue weighted by Crippen LogP contribution is 2.29. The molecule has 2 rings (SSSR count). The van der Waals surface area contributed by atoms with Crippen LogP contribution in [0.5, 0.6) is 0 Å². The van der Waals surface area contributed by atoms with E-state index in [0.29, 0.717) is 6.42 Å². The minimum absolute atomic E-state index is 0.0716. The van der Waals surface area contributed by atoms with Crippen LogP contribution < -0.4 is 0 Å². The van der Waals surface area contributed by atoms with Gasteiger partial charge in [0.2, 0.25) is 5.91 Å². The average molecular weight is 447 g/mol. The fraction of sp³-hybridized carbons (Fsp3) is 0.706. The number of carbonyl (C=O) groups is 2. The van der Waals surface area contributed by atoms with Crippen LogP contribution >= 0.6 is 22.6 Å². The highest BCUT2D eigenvalue weighted by atomic mass is 127. The molecule has 0 saturated carbocycles. The van der Waals surface area contributed by atoms with Gasteiger partial charge >= 0.3 is 5.97 Å². The molecular formula is C17H26IN3O3. The number of esters is 1. The van der Waals surface area contributed by atoms with E-state index >= 15 is 0 Å². The number of hydrogen-bond donors (Lipinski definition) is 0. The number of ether oxygens (including phenoxy) is 1. The zero-order valence-electron chi connectivity index (χ0n) is 15.0. The lowest BCUT2D eigenvalue weighted by Crippen LogP contribution is -2.44. The molecule has 134 valence electrons. The van der Waals surface area contributed by atoms with Crippen molar-refractivity contribution >= 4 is 34.5 Å². The molecule has 1 heterocycles. The Bertz CT molecular complexity index is 617. The molecule has 1 aliphatic rings. The van der Waals surface area contributed by atoms with Gasteiger partial charge in [0.1, 0.15) is 10.2 Å². The van der Waals surface area contributed by atoms with E-state index < -0.39 is 0 Å². The third-order valence-corrected chi connectivity index (χ3v) is 5.68. The number of nitrogens with zero attached hydrogens (tertiary/aromatic N) is 3. The summed E-state index contributed by atoms with van der Waals surface area (Å²) in [6.45, 7) is 8.34. The van der Waals surface area contributed by atoms with Crippen molar-refractivity contribution in [2.24, 2.45) is 5.92 Å². The largest absolute Gasteiger partial charge is 0.469 e. The number of rotatable bonds is 5.